The second kappa shape index (κ2) is 7.36. The number of aliphatic hydroxyl groups excluding tert-OH is 1. The van der Waals surface area contributed by atoms with Crippen LogP contribution in [0, 0.1) is 5.92 Å². The predicted octanol–water partition coefficient (Wildman–Crippen LogP) is 2.37. The molecule has 0 aromatic heterocycles. The van der Waals surface area contributed by atoms with Crippen LogP contribution in [-0.4, -0.2) is 32.0 Å². The number of hydrogen-bond donors (Lipinski definition) is 2. The Hall–Kier alpha value is -1.26. The van der Waals surface area contributed by atoms with E-state index in [1.807, 2.05) is 32.0 Å². The maximum absolute atomic E-state index is 9.82. The molecule has 0 aliphatic carbocycles. The van der Waals surface area contributed by atoms with Crippen LogP contribution >= 0.6 is 0 Å². The molecule has 1 rings (SSSR count). The molecule has 19 heavy (non-hydrogen) atoms. The molecule has 0 aliphatic rings. The largest absolute Gasteiger partial charge is 0.497 e. The van der Waals surface area contributed by atoms with Gasteiger partial charge in [0.2, 0.25) is 0 Å². The molecule has 4 heteroatoms. The van der Waals surface area contributed by atoms with Crippen LogP contribution < -0.4 is 14.8 Å². The molecule has 0 heterocycles. The fourth-order valence-corrected chi connectivity index (χ4v) is 1.82. The molecule has 0 amide bonds. The van der Waals surface area contributed by atoms with Gasteiger partial charge in [0, 0.05) is 24.2 Å². The Balaban J connectivity index is 2.73. The number of benzene rings is 1. The Morgan fingerprint density at radius 2 is 1.84 bits per heavy atom. The van der Waals surface area contributed by atoms with Crippen molar-refractivity contribution in [3.63, 3.8) is 0 Å². The van der Waals surface area contributed by atoms with Crippen LogP contribution in [0.15, 0.2) is 18.2 Å². The minimum absolute atomic E-state index is 0.106. The van der Waals surface area contributed by atoms with Gasteiger partial charge in [-0.2, -0.15) is 0 Å². The summed E-state index contributed by atoms with van der Waals surface area (Å²) in [7, 11) is 3.28. The fraction of sp³-hybridized carbons (Fsp3) is 0.600. The van der Waals surface area contributed by atoms with Crippen molar-refractivity contribution < 1.29 is 14.6 Å². The highest BCUT2D eigenvalue weighted by Gasteiger charge is 2.15. The first-order valence-corrected chi connectivity index (χ1v) is 6.63. The predicted molar refractivity (Wildman–Crippen MR) is 76.8 cm³/mol. The van der Waals surface area contributed by atoms with Crippen molar-refractivity contribution in [3.05, 3.63) is 23.8 Å². The lowest BCUT2D eigenvalue weighted by Crippen LogP contribution is -2.32. The van der Waals surface area contributed by atoms with Gasteiger partial charge in [0.1, 0.15) is 11.5 Å². The Morgan fingerprint density at radius 3 is 2.37 bits per heavy atom. The van der Waals surface area contributed by atoms with Crippen molar-refractivity contribution >= 4 is 0 Å². The Bertz CT molecular complexity index is 393. The van der Waals surface area contributed by atoms with Crippen LogP contribution in [0.2, 0.25) is 0 Å². The molecule has 0 fully saturated rings. The number of rotatable bonds is 7. The summed E-state index contributed by atoms with van der Waals surface area (Å²) in [6.45, 7) is 6.63. The summed E-state index contributed by atoms with van der Waals surface area (Å²) < 4.78 is 10.6. The molecule has 0 spiro atoms. The van der Waals surface area contributed by atoms with E-state index in [0.717, 1.165) is 17.1 Å². The van der Waals surface area contributed by atoms with Crippen LogP contribution in [0.1, 0.15) is 32.4 Å². The fourth-order valence-electron chi connectivity index (χ4n) is 1.82. The number of ether oxygens (including phenoxy) is 2. The highest BCUT2D eigenvalue weighted by Crippen LogP contribution is 2.29. The third kappa shape index (κ3) is 4.40. The van der Waals surface area contributed by atoms with Gasteiger partial charge < -0.3 is 19.9 Å². The molecular formula is C15H25NO3. The van der Waals surface area contributed by atoms with Crippen molar-refractivity contribution in [1.29, 1.82) is 0 Å². The Kier molecular flexibility index (Phi) is 6.12. The normalized spacial score (nSPS) is 14.3. The molecule has 0 radical (unpaired) electrons. The molecule has 1 aromatic rings. The van der Waals surface area contributed by atoms with Crippen LogP contribution in [-0.2, 0) is 0 Å². The van der Waals surface area contributed by atoms with Crippen LogP contribution in [0.25, 0.3) is 0 Å². The van der Waals surface area contributed by atoms with Gasteiger partial charge in [0.05, 0.1) is 20.3 Å². The number of aliphatic hydroxyl groups is 1. The Morgan fingerprint density at radius 1 is 1.16 bits per heavy atom. The van der Waals surface area contributed by atoms with E-state index in [0.29, 0.717) is 6.54 Å². The van der Waals surface area contributed by atoms with Crippen molar-refractivity contribution in [2.75, 3.05) is 20.8 Å². The van der Waals surface area contributed by atoms with Gasteiger partial charge in [0.15, 0.2) is 0 Å². The molecule has 0 aliphatic heterocycles. The highest BCUT2D eigenvalue weighted by molar-refractivity contribution is 5.42. The lowest BCUT2D eigenvalue weighted by Gasteiger charge is -2.21. The van der Waals surface area contributed by atoms with E-state index in [-0.39, 0.29) is 18.1 Å². The molecular weight excluding hydrogens is 242 g/mol. The summed E-state index contributed by atoms with van der Waals surface area (Å²) in [5, 5.41) is 13.1. The summed E-state index contributed by atoms with van der Waals surface area (Å²) in [6.07, 6.45) is -0.341. The quantitative estimate of drug-likeness (QED) is 0.796. The van der Waals surface area contributed by atoms with Crippen LogP contribution in [0.4, 0.5) is 0 Å². The second-order valence-corrected chi connectivity index (χ2v) is 5.05. The molecule has 2 unspecified atom stereocenters. The van der Waals surface area contributed by atoms with Gasteiger partial charge in [-0.15, -0.1) is 0 Å². The first kappa shape index (κ1) is 15.8. The van der Waals surface area contributed by atoms with Gasteiger partial charge >= 0.3 is 0 Å². The smallest absolute Gasteiger partial charge is 0.127 e. The first-order chi connectivity index (χ1) is 8.99. The summed E-state index contributed by atoms with van der Waals surface area (Å²) in [5.41, 5.74) is 1.05. The number of nitrogens with one attached hydrogen (secondary N) is 1. The Labute approximate surface area is 115 Å². The monoisotopic (exact) mass is 267 g/mol. The lowest BCUT2D eigenvalue weighted by atomic mass is 10.0. The summed E-state index contributed by atoms with van der Waals surface area (Å²) in [6, 6.07) is 5.87. The minimum atomic E-state index is -0.341. The first-order valence-electron chi connectivity index (χ1n) is 6.63. The van der Waals surface area contributed by atoms with Crippen molar-refractivity contribution in [2.24, 2.45) is 5.92 Å². The molecule has 1 aromatic carbocycles. The van der Waals surface area contributed by atoms with Crippen molar-refractivity contribution in [1.82, 2.24) is 5.32 Å². The summed E-state index contributed by atoms with van der Waals surface area (Å²) in [4.78, 5) is 0. The van der Waals surface area contributed by atoms with E-state index in [1.165, 1.54) is 0 Å². The van der Waals surface area contributed by atoms with E-state index in [2.05, 4.69) is 12.2 Å². The van der Waals surface area contributed by atoms with E-state index in [1.54, 1.807) is 14.2 Å². The highest BCUT2D eigenvalue weighted by atomic mass is 16.5. The average molecular weight is 267 g/mol. The van der Waals surface area contributed by atoms with Gasteiger partial charge in [-0.05, 0) is 18.9 Å². The minimum Gasteiger partial charge on any atom is -0.497 e. The van der Waals surface area contributed by atoms with E-state index < -0.39 is 0 Å². The number of hydrogen-bond acceptors (Lipinski definition) is 4. The summed E-state index contributed by atoms with van der Waals surface area (Å²) in [5.74, 6) is 1.81. The molecule has 0 saturated carbocycles. The van der Waals surface area contributed by atoms with Gasteiger partial charge in [-0.25, -0.2) is 0 Å². The van der Waals surface area contributed by atoms with Crippen molar-refractivity contribution in [3.8, 4) is 11.5 Å². The van der Waals surface area contributed by atoms with E-state index >= 15 is 0 Å². The molecule has 4 nitrogen and oxygen atoms in total. The van der Waals surface area contributed by atoms with Crippen LogP contribution in [0.3, 0.4) is 0 Å². The molecule has 0 bridgehead atoms. The van der Waals surface area contributed by atoms with Gasteiger partial charge in [-0.3, -0.25) is 0 Å². The van der Waals surface area contributed by atoms with Gasteiger partial charge in [0.25, 0.3) is 0 Å². The van der Waals surface area contributed by atoms with E-state index in [4.69, 9.17) is 9.47 Å². The molecule has 108 valence electrons. The topological polar surface area (TPSA) is 50.7 Å². The van der Waals surface area contributed by atoms with Gasteiger partial charge in [-0.1, -0.05) is 19.9 Å². The maximum atomic E-state index is 9.82. The van der Waals surface area contributed by atoms with Crippen LogP contribution in [0.5, 0.6) is 11.5 Å². The zero-order valence-electron chi connectivity index (χ0n) is 12.4. The third-order valence-corrected chi connectivity index (χ3v) is 3.31. The summed E-state index contributed by atoms with van der Waals surface area (Å²) >= 11 is 0. The standard InChI is InChI=1S/C15H25NO3/c1-10(2)14(17)9-16-11(3)13-7-6-12(18-4)8-15(13)19-5/h6-8,10-11,14,16-17H,9H2,1-5H3. The zero-order valence-corrected chi connectivity index (χ0v) is 12.4. The van der Waals surface area contributed by atoms with E-state index in [9.17, 15) is 5.11 Å². The number of methoxy groups -OCH3 is 2. The maximum Gasteiger partial charge on any atom is 0.127 e. The molecule has 2 atom stereocenters. The van der Waals surface area contributed by atoms with Crippen molar-refractivity contribution in [2.45, 2.75) is 32.9 Å². The molecule has 0 saturated heterocycles. The average Bonchev–Trinajstić information content (AvgIpc) is 2.43. The molecule has 2 N–H and O–H groups in total. The zero-order chi connectivity index (χ0) is 14.4. The second-order valence-electron chi connectivity index (χ2n) is 5.05. The third-order valence-electron chi connectivity index (χ3n) is 3.31. The lowest BCUT2D eigenvalue weighted by molar-refractivity contribution is 0.120. The SMILES string of the molecule is COc1ccc(C(C)NCC(O)C(C)C)c(OC)c1.